The molecule has 0 saturated carbocycles. The fourth-order valence-corrected chi connectivity index (χ4v) is 3.34. The zero-order valence-electron chi connectivity index (χ0n) is 18.2. The lowest BCUT2D eigenvalue weighted by Crippen LogP contribution is -2.46. The standard InChI is InChI=1S/C23H30FN3O3/c1-6-17-9-7-8-10-20(17)26-22(28)14-27(4)23(29)16(3)25-15(2)19-13-18(24)11-12-21(19)30-5/h7-13,15-16,25H,6,14H2,1-5H3,(H,26,28). The zero-order valence-corrected chi connectivity index (χ0v) is 18.2. The number of nitrogens with zero attached hydrogens (tertiary/aromatic N) is 1. The molecule has 2 amide bonds. The molecule has 0 bridgehead atoms. The Labute approximate surface area is 177 Å². The van der Waals surface area contributed by atoms with Crippen molar-refractivity contribution in [3.05, 3.63) is 59.4 Å². The van der Waals surface area contributed by atoms with Gasteiger partial charge in [0.1, 0.15) is 11.6 Å². The molecule has 30 heavy (non-hydrogen) atoms. The Morgan fingerprint density at radius 2 is 1.87 bits per heavy atom. The second-order valence-electron chi connectivity index (χ2n) is 7.25. The molecular weight excluding hydrogens is 385 g/mol. The molecule has 0 heterocycles. The van der Waals surface area contributed by atoms with Gasteiger partial charge in [0.15, 0.2) is 0 Å². The maximum atomic E-state index is 13.6. The Morgan fingerprint density at radius 1 is 1.17 bits per heavy atom. The Morgan fingerprint density at radius 3 is 2.53 bits per heavy atom. The Bertz CT molecular complexity index is 888. The van der Waals surface area contributed by atoms with Gasteiger partial charge in [0.25, 0.3) is 0 Å². The van der Waals surface area contributed by atoms with Crippen LogP contribution in [0.25, 0.3) is 0 Å². The number of amides is 2. The topological polar surface area (TPSA) is 70.7 Å². The first-order valence-corrected chi connectivity index (χ1v) is 9.99. The van der Waals surface area contributed by atoms with Gasteiger partial charge in [-0.1, -0.05) is 25.1 Å². The van der Waals surface area contributed by atoms with Crippen molar-refractivity contribution in [1.29, 1.82) is 0 Å². The Hall–Kier alpha value is -2.93. The number of methoxy groups -OCH3 is 1. The summed E-state index contributed by atoms with van der Waals surface area (Å²) in [6, 6.07) is 10.9. The molecular formula is C23H30FN3O3. The Kier molecular flexibility index (Phi) is 8.35. The van der Waals surface area contributed by atoms with Crippen LogP contribution >= 0.6 is 0 Å². The first-order chi connectivity index (χ1) is 14.3. The van der Waals surface area contributed by atoms with Crippen molar-refractivity contribution >= 4 is 17.5 Å². The quantitative estimate of drug-likeness (QED) is 0.657. The molecule has 2 aromatic carbocycles. The molecule has 0 aliphatic heterocycles. The molecule has 2 rings (SSSR count). The minimum absolute atomic E-state index is 0.0689. The first-order valence-electron chi connectivity index (χ1n) is 9.99. The molecule has 0 saturated heterocycles. The molecule has 2 unspecified atom stereocenters. The molecule has 0 aromatic heterocycles. The zero-order chi connectivity index (χ0) is 22.3. The van der Waals surface area contributed by atoms with Crippen LogP contribution in [-0.4, -0.2) is 43.5 Å². The Balaban J connectivity index is 1.96. The van der Waals surface area contributed by atoms with Gasteiger partial charge in [0.05, 0.1) is 19.7 Å². The van der Waals surface area contributed by atoms with Crippen molar-refractivity contribution in [2.75, 3.05) is 26.0 Å². The fourth-order valence-electron chi connectivity index (χ4n) is 3.34. The van der Waals surface area contributed by atoms with E-state index in [0.29, 0.717) is 11.3 Å². The van der Waals surface area contributed by atoms with Crippen molar-refractivity contribution in [2.24, 2.45) is 0 Å². The van der Waals surface area contributed by atoms with Crippen molar-refractivity contribution in [2.45, 2.75) is 39.3 Å². The van der Waals surface area contributed by atoms with Crippen molar-refractivity contribution in [3.8, 4) is 5.75 Å². The molecule has 2 aromatic rings. The maximum absolute atomic E-state index is 13.6. The van der Waals surface area contributed by atoms with E-state index in [1.54, 1.807) is 20.0 Å². The third-order valence-corrected chi connectivity index (χ3v) is 4.96. The summed E-state index contributed by atoms with van der Waals surface area (Å²) in [4.78, 5) is 26.5. The minimum Gasteiger partial charge on any atom is -0.496 e. The summed E-state index contributed by atoms with van der Waals surface area (Å²) in [6.07, 6.45) is 0.799. The number of carbonyl (C=O) groups excluding carboxylic acids is 2. The first kappa shape index (κ1) is 23.3. The highest BCUT2D eigenvalue weighted by molar-refractivity contribution is 5.95. The van der Waals surface area contributed by atoms with Crippen LogP contribution in [0.1, 0.15) is 37.9 Å². The van der Waals surface area contributed by atoms with Gasteiger partial charge in [-0.15, -0.1) is 0 Å². The van der Waals surface area contributed by atoms with E-state index in [0.717, 1.165) is 17.7 Å². The van der Waals surface area contributed by atoms with Gasteiger partial charge in [0.2, 0.25) is 11.8 Å². The van der Waals surface area contributed by atoms with Crippen LogP contribution in [0.5, 0.6) is 5.75 Å². The van der Waals surface area contributed by atoms with Gasteiger partial charge >= 0.3 is 0 Å². The van der Waals surface area contributed by atoms with E-state index in [4.69, 9.17) is 4.74 Å². The molecule has 2 N–H and O–H groups in total. The van der Waals surface area contributed by atoms with E-state index in [9.17, 15) is 14.0 Å². The van der Waals surface area contributed by atoms with Crippen LogP contribution in [0, 0.1) is 5.82 Å². The van der Waals surface area contributed by atoms with E-state index in [1.165, 1.54) is 24.1 Å². The summed E-state index contributed by atoms with van der Waals surface area (Å²) >= 11 is 0. The summed E-state index contributed by atoms with van der Waals surface area (Å²) < 4.78 is 18.9. The van der Waals surface area contributed by atoms with Gasteiger partial charge in [-0.2, -0.15) is 0 Å². The molecule has 7 heteroatoms. The van der Waals surface area contributed by atoms with Gasteiger partial charge in [-0.25, -0.2) is 4.39 Å². The number of hydrogen-bond donors (Lipinski definition) is 2. The van der Waals surface area contributed by atoms with Gasteiger partial charge in [-0.3, -0.25) is 14.9 Å². The van der Waals surface area contributed by atoms with Crippen LogP contribution in [0.3, 0.4) is 0 Å². The molecule has 2 atom stereocenters. The predicted molar refractivity (Wildman–Crippen MR) is 116 cm³/mol. The fraction of sp³-hybridized carbons (Fsp3) is 0.391. The average Bonchev–Trinajstić information content (AvgIpc) is 2.73. The SMILES string of the molecule is CCc1ccccc1NC(=O)CN(C)C(=O)C(C)NC(C)c1cc(F)ccc1OC. The third kappa shape index (κ3) is 6.03. The third-order valence-electron chi connectivity index (χ3n) is 4.96. The summed E-state index contributed by atoms with van der Waals surface area (Å²) in [6.45, 7) is 5.49. The normalized spacial score (nSPS) is 12.7. The highest BCUT2D eigenvalue weighted by Crippen LogP contribution is 2.26. The number of aryl methyl sites for hydroxylation is 1. The lowest BCUT2D eigenvalue weighted by Gasteiger charge is -2.25. The highest BCUT2D eigenvalue weighted by atomic mass is 19.1. The number of hydrogen-bond acceptors (Lipinski definition) is 4. The second-order valence-corrected chi connectivity index (χ2v) is 7.25. The molecule has 0 spiro atoms. The smallest absolute Gasteiger partial charge is 0.243 e. The van der Waals surface area contributed by atoms with E-state index in [-0.39, 0.29) is 30.2 Å². The largest absolute Gasteiger partial charge is 0.496 e. The van der Waals surface area contributed by atoms with E-state index in [2.05, 4.69) is 10.6 Å². The van der Waals surface area contributed by atoms with E-state index >= 15 is 0 Å². The predicted octanol–water partition coefficient (Wildman–Crippen LogP) is 3.53. The van der Waals surface area contributed by atoms with Gasteiger partial charge < -0.3 is 15.0 Å². The maximum Gasteiger partial charge on any atom is 0.243 e. The minimum atomic E-state index is -0.575. The number of benzene rings is 2. The lowest BCUT2D eigenvalue weighted by molar-refractivity contribution is -0.135. The second kappa shape index (κ2) is 10.7. The van der Waals surface area contributed by atoms with Crippen LogP contribution in [0.2, 0.25) is 0 Å². The average molecular weight is 416 g/mol. The molecule has 0 fully saturated rings. The van der Waals surface area contributed by atoms with Crippen molar-refractivity contribution < 1.29 is 18.7 Å². The summed E-state index contributed by atoms with van der Waals surface area (Å²) in [5, 5.41) is 6.01. The summed E-state index contributed by atoms with van der Waals surface area (Å²) in [7, 11) is 3.10. The van der Waals surface area contributed by atoms with Crippen LogP contribution in [0.15, 0.2) is 42.5 Å². The molecule has 6 nitrogen and oxygen atoms in total. The number of nitrogens with one attached hydrogen (secondary N) is 2. The number of para-hydroxylation sites is 1. The summed E-state index contributed by atoms with van der Waals surface area (Å²) in [5.41, 5.74) is 2.41. The number of carbonyl (C=O) groups is 2. The summed E-state index contributed by atoms with van der Waals surface area (Å²) in [5.74, 6) is -0.340. The molecule has 162 valence electrons. The number of ether oxygens (including phenoxy) is 1. The number of rotatable bonds is 9. The molecule has 0 aliphatic carbocycles. The van der Waals surface area contributed by atoms with Crippen LogP contribution in [0.4, 0.5) is 10.1 Å². The van der Waals surface area contributed by atoms with Crippen LogP contribution in [-0.2, 0) is 16.0 Å². The lowest BCUT2D eigenvalue weighted by atomic mass is 10.1. The van der Waals surface area contributed by atoms with E-state index < -0.39 is 6.04 Å². The monoisotopic (exact) mass is 415 g/mol. The van der Waals surface area contributed by atoms with Gasteiger partial charge in [-0.05, 0) is 50.1 Å². The molecule has 0 radical (unpaired) electrons. The number of halogens is 1. The van der Waals surface area contributed by atoms with Crippen molar-refractivity contribution in [3.63, 3.8) is 0 Å². The van der Waals surface area contributed by atoms with Gasteiger partial charge in [0, 0.05) is 24.3 Å². The molecule has 0 aliphatic rings. The van der Waals surface area contributed by atoms with Crippen molar-refractivity contribution in [1.82, 2.24) is 10.2 Å². The number of anilines is 1. The van der Waals surface area contributed by atoms with E-state index in [1.807, 2.05) is 38.1 Å². The number of likely N-dealkylation sites (N-methyl/N-ethyl adjacent to an activating group) is 1. The van der Waals surface area contributed by atoms with Crippen LogP contribution < -0.4 is 15.4 Å². The highest BCUT2D eigenvalue weighted by Gasteiger charge is 2.23.